The number of hydrogen-bond acceptors (Lipinski definition) is 5. The molecule has 1 aromatic heterocycles. The lowest BCUT2D eigenvalue weighted by atomic mass is 10.00. The second-order valence-electron chi connectivity index (χ2n) is 6.05. The number of nitrogens with zero attached hydrogens (tertiary/aromatic N) is 1. The van der Waals surface area contributed by atoms with E-state index in [2.05, 4.69) is 30.4 Å². The highest BCUT2D eigenvalue weighted by Gasteiger charge is 2.20. The van der Waals surface area contributed by atoms with Crippen LogP contribution < -0.4 is 9.88 Å². The van der Waals surface area contributed by atoms with Crippen LogP contribution >= 0.6 is 23.1 Å². The second-order valence-corrected chi connectivity index (χ2v) is 8.35. The minimum atomic E-state index is -0.967. The molecule has 0 saturated carbocycles. The predicted octanol–water partition coefficient (Wildman–Crippen LogP) is 3.21. The van der Waals surface area contributed by atoms with E-state index in [4.69, 9.17) is 14.8 Å². The third-order valence-corrected chi connectivity index (χ3v) is 6.25. The van der Waals surface area contributed by atoms with Gasteiger partial charge in [-0.15, -0.1) is 11.3 Å². The minimum Gasteiger partial charge on any atom is -0.486 e. The zero-order valence-electron chi connectivity index (χ0n) is 14.4. The van der Waals surface area contributed by atoms with Gasteiger partial charge in [-0.05, 0) is 28.9 Å². The van der Waals surface area contributed by atoms with E-state index in [0.29, 0.717) is 12.2 Å². The summed E-state index contributed by atoms with van der Waals surface area (Å²) in [5, 5.41) is 9.77. The van der Waals surface area contributed by atoms with Crippen molar-refractivity contribution in [2.75, 3.05) is 12.4 Å². The number of fused-ring (bicyclic) bond motifs is 2. The van der Waals surface area contributed by atoms with Gasteiger partial charge in [0.15, 0.2) is 10.9 Å². The molecular formula is C21H17NO3S2. The molecule has 4 nitrogen and oxygen atoms in total. The Labute approximate surface area is 164 Å². The van der Waals surface area contributed by atoms with Crippen LogP contribution in [0.4, 0.5) is 0 Å². The number of ether oxygens (including phenoxy) is 1. The standard InChI is InChI=1S/C21H17NO3S2/c23-19(24)13-25-16-9-8-15-11-18-20(17(15)12-16)22-21(27-18)26-10-4-7-14-5-2-1-3-6-14/h1-9,11H,10,12-13H2,(H,23,24). The summed E-state index contributed by atoms with van der Waals surface area (Å²) in [7, 11) is 0. The fourth-order valence-corrected chi connectivity index (χ4v) is 4.90. The first-order valence-electron chi connectivity index (χ1n) is 8.51. The van der Waals surface area contributed by atoms with Crippen LogP contribution in [-0.4, -0.2) is 28.4 Å². The molecule has 1 heterocycles. The molecule has 2 aliphatic carbocycles. The van der Waals surface area contributed by atoms with Gasteiger partial charge < -0.3 is 9.84 Å². The number of carboxylic acid groups (broad SMARTS) is 1. The first kappa shape index (κ1) is 17.8. The third kappa shape index (κ3) is 4.23. The van der Waals surface area contributed by atoms with Gasteiger partial charge in [-0.3, -0.25) is 0 Å². The number of carbonyl (C=O) groups is 1. The first-order chi connectivity index (χ1) is 13.2. The van der Waals surface area contributed by atoms with Crippen molar-refractivity contribution in [1.29, 1.82) is 0 Å². The van der Waals surface area contributed by atoms with Crippen molar-refractivity contribution in [2.24, 2.45) is 0 Å². The zero-order valence-corrected chi connectivity index (χ0v) is 16.1. The fourth-order valence-electron chi connectivity index (χ4n) is 2.92. The Hall–Kier alpha value is -2.57. The number of hydrogen-bond donors (Lipinski definition) is 1. The van der Waals surface area contributed by atoms with Crippen molar-refractivity contribution >= 4 is 46.8 Å². The van der Waals surface area contributed by atoms with E-state index in [9.17, 15) is 4.79 Å². The molecular weight excluding hydrogens is 378 g/mol. The molecule has 1 N–H and O–H groups in total. The summed E-state index contributed by atoms with van der Waals surface area (Å²) in [4.78, 5) is 15.5. The maximum absolute atomic E-state index is 10.7. The van der Waals surface area contributed by atoms with E-state index in [1.165, 1.54) is 10.1 Å². The maximum Gasteiger partial charge on any atom is 0.341 e. The molecule has 4 rings (SSSR count). The van der Waals surface area contributed by atoms with Crippen LogP contribution in [0.15, 0.2) is 64.2 Å². The van der Waals surface area contributed by atoms with Crippen molar-refractivity contribution in [2.45, 2.75) is 10.8 Å². The fraction of sp³-hybridized carbons (Fsp3) is 0.143. The number of carboxylic acids is 1. The highest BCUT2D eigenvalue weighted by atomic mass is 32.2. The Balaban J connectivity index is 1.43. The van der Waals surface area contributed by atoms with Gasteiger partial charge in [0.2, 0.25) is 0 Å². The van der Waals surface area contributed by atoms with E-state index >= 15 is 0 Å². The van der Waals surface area contributed by atoms with E-state index in [-0.39, 0.29) is 6.61 Å². The lowest BCUT2D eigenvalue weighted by Crippen LogP contribution is -2.20. The average molecular weight is 396 g/mol. The number of thiazole rings is 1. The Morgan fingerprint density at radius 2 is 2.15 bits per heavy atom. The van der Waals surface area contributed by atoms with Crippen molar-refractivity contribution < 1.29 is 14.6 Å². The smallest absolute Gasteiger partial charge is 0.341 e. The SMILES string of the molecule is O=C(O)COC1=CC=C2C=c3sc(SCC=Cc4ccccc4)nc3=C2C1. The molecule has 0 radical (unpaired) electrons. The van der Waals surface area contributed by atoms with E-state index in [1.807, 2.05) is 30.4 Å². The van der Waals surface area contributed by atoms with Crippen LogP contribution in [0.2, 0.25) is 0 Å². The average Bonchev–Trinajstić information content (AvgIpc) is 3.22. The molecule has 2 aliphatic rings. The summed E-state index contributed by atoms with van der Waals surface area (Å²) in [6.45, 7) is -0.315. The largest absolute Gasteiger partial charge is 0.486 e. The van der Waals surface area contributed by atoms with Gasteiger partial charge in [0, 0.05) is 12.2 Å². The van der Waals surface area contributed by atoms with Crippen LogP contribution in [0.5, 0.6) is 0 Å². The molecule has 0 atom stereocenters. The molecule has 0 amide bonds. The van der Waals surface area contributed by atoms with Crippen molar-refractivity contribution in [1.82, 2.24) is 4.98 Å². The Morgan fingerprint density at radius 3 is 2.96 bits per heavy atom. The van der Waals surface area contributed by atoms with Gasteiger partial charge in [-0.25, -0.2) is 9.78 Å². The highest BCUT2D eigenvalue weighted by molar-refractivity contribution is 8.01. The molecule has 0 aliphatic heterocycles. The summed E-state index contributed by atoms with van der Waals surface area (Å²) in [5.74, 6) is 0.572. The van der Waals surface area contributed by atoms with Crippen LogP contribution in [0.1, 0.15) is 12.0 Å². The summed E-state index contributed by atoms with van der Waals surface area (Å²) in [6.07, 6.45) is 10.8. The Morgan fingerprint density at radius 1 is 1.30 bits per heavy atom. The molecule has 0 bridgehead atoms. The number of benzene rings is 1. The lowest BCUT2D eigenvalue weighted by Gasteiger charge is -2.14. The summed E-state index contributed by atoms with van der Waals surface area (Å²) < 4.78 is 7.55. The molecule has 1 aromatic carbocycles. The van der Waals surface area contributed by atoms with Crippen molar-refractivity contribution in [3.8, 4) is 0 Å². The minimum absolute atomic E-state index is 0.315. The van der Waals surface area contributed by atoms with Crippen molar-refractivity contribution in [3.05, 3.63) is 75.3 Å². The summed E-state index contributed by atoms with van der Waals surface area (Å²) >= 11 is 3.42. The number of allylic oxidation sites excluding steroid dienone is 4. The summed E-state index contributed by atoms with van der Waals surface area (Å²) in [5.41, 5.74) is 3.46. The van der Waals surface area contributed by atoms with Crippen LogP contribution in [-0.2, 0) is 9.53 Å². The number of aromatic nitrogens is 1. The number of rotatable bonds is 7. The van der Waals surface area contributed by atoms with Crippen LogP contribution in [0, 0.1) is 0 Å². The van der Waals surface area contributed by atoms with E-state index < -0.39 is 5.97 Å². The molecule has 0 saturated heterocycles. The van der Waals surface area contributed by atoms with Gasteiger partial charge in [0.1, 0.15) is 5.76 Å². The molecule has 27 heavy (non-hydrogen) atoms. The first-order valence-corrected chi connectivity index (χ1v) is 10.3. The van der Waals surface area contributed by atoms with Crippen LogP contribution in [0.25, 0.3) is 17.7 Å². The topological polar surface area (TPSA) is 59.4 Å². The molecule has 136 valence electrons. The Bertz CT molecular complexity index is 1080. The normalized spacial score (nSPS) is 15.0. The molecule has 6 heteroatoms. The van der Waals surface area contributed by atoms with Gasteiger partial charge in [-0.1, -0.05) is 60.3 Å². The monoisotopic (exact) mass is 395 g/mol. The zero-order chi connectivity index (χ0) is 18.6. The third-order valence-electron chi connectivity index (χ3n) is 4.15. The van der Waals surface area contributed by atoms with Crippen LogP contribution in [0.3, 0.4) is 0 Å². The maximum atomic E-state index is 10.7. The second kappa shape index (κ2) is 7.98. The molecule has 0 spiro atoms. The summed E-state index contributed by atoms with van der Waals surface area (Å²) in [6, 6.07) is 10.2. The van der Waals surface area contributed by atoms with Crippen molar-refractivity contribution in [3.63, 3.8) is 0 Å². The lowest BCUT2D eigenvalue weighted by molar-refractivity contribution is -0.140. The highest BCUT2D eigenvalue weighted by Crippen LogP contribution is 2.29. The number of aliphatic carboxylic acids is 1. The van der Waals surface area contributed by atoms with Gasteiger partial charge in [-0.2, -0.15) is 0 Å². The Kier molecular flexibility index (Phi) is 5.27. The van der Waals surface area contributed by atoms with Gasteiger partial charge in [0.05, 0.1) is 9.88 Å². The van der Waals surface area contributed by atoms with Gasteiger partial charge >= 0.3 is 5.97 Å². The van der Waals surface area contributed by atoms with E-state index in [0.717, 1.165) is 26.6 Å². The van der Waals surface area contributed by atoms with Gasteiger partial charge in [0.25, 0.3) is 0 Å². The van der Waals surface area contributed by atoms with E-state index in [1.54, 1.807) is 23.1 Å². The molecule has 0 unspecified atom stereocenters. The molecule has 0 fully saturated rings. The number of thioether (sulfide) groups is 1. The quantitative estimate of drug-likeness (QED) is 0.730. The predicted molar refractivity (Wildman–Crippen MR) is 110 cm³/mol. The molecule has 2 aromatic rings.